The van der Waals surface area contributed by atoms with Crippen LogP contribution in [0.25, 0.3) is 0 Å². The van der Waals surface area contributed by atoms with Crippen molar-refractivity contribution in [2.45, 2.75) is 39.7 Å². The van der Waals surface area contributed by atoms with Crippen molar-refractivity contribution in [3.05, 3.63) is 36.2 Å². The van der Waals surface area contributed by atoms with Gasteiger partial charge in [-0.2, -0.15) is 0 Å². The van der Waals surface area contributed by atoms with Gasteiger partial charge in [-0.3, -0.25) is 9.59 Å². The van der Waals surface area contributed by atoms with Crippen LogP contribution < -0.4 is 0 Å². The Hall–Kier alpha value is -2.04. The summed E-state index contributed by atoms with van der Waals surface area (Å²) in [6.45, 7) is 9.99. The van der Waals surface area contributed by atoms with Gasteiger partial charge in [-0.15, -0.1) is 6.58 Å². The maximum absolute atomic E-state index is 12.5. The number of rotatable bonds is 8. The zero-order valence-corrected chi connectivity index (χ0v) is 14.1. The van der Waals surface area contributed by atoms with Gasteiger partial charge in [0, 0.05) is 25.8 Å². The minimum absolute atomic E-state index is 0.00207. The van der Waals surface area contributed by atoms with Crippen molar-refractivity contribution < 1.29 is 14.3 Å². The lowest BCUT2D eigenvalue weighted by Gasteiger charge is -2.28. The maximum Gasteiger partial charge on any atom is 0.307 e. The van der Waals surface area contributed by atoms with Gasteiger partial charge < -0.3 is 14.2 Å². The Morgan fingerprint density at radius 3 is 2.91 bits per heavy atom. The van der Waals surface area contributed by atoms with E-state index in [1.165, 1.54) is 0 Å². The molecule has 0 aliphatic carbocycles. The summed E-state index contributed by atoms with van der Waals surface area (Å²) in [5.74, 6) is 0.0877. The van der Waals surface area contributed by atoms with Crippen molar-refractivity contribution in [2.75, 3.05) is 19.7 Å². The zero-order valence-electron chi connectivity index (χ0n) is 14.1. The van der Waals surface area contributed by atoms with E-state index >= 15 is 0 Å². The van der Waals surface area contributed by atoms with Crippen LogP contribution in [-0.2, 0) is 22.5 Å². The van der Waals surface area contributed by atoms with Crippen LogP contribution in [0.5, 0.6) is 0 Å². The molecule has 5 heteroatoms. The molecule has 2 rings (SSSR count). The van der Waals surface area contributed by atoms with Crippen molar-refractivity contribution in [1.82, 2.24) is 9.47 Å². The molecule has 0 spiro atoms. The van der Waals surface area contributed by atoms with Crippen molar-refractivity contribution in [1.29, 1.82) is 0 Å². The van der Waals surface area contributed by atoms with Crippen LogP contribution >= 0.6 is 0 Å². The number of fused-ring (bicyclic) bond motifs is 1. The molecule has 1 aromatic rings. The molecule has 0 N–H and O–H groups in total. The Balaban J connectivity index is 1.89. The molecule has 0 saturated heterocycles. The van der Waals surface area contributed by atoms with Gasteiger partial charge in [0.1, 0.15) is 5.69 Å². The molecule has 0 atom stereocenters. The smallest absolute Gasteiger partial charge is 0.307 e. The minimum Gasteiger partial charge on any atom is -0.465 e. The van der Waals surface area contributed by atoms with Crippen molar-refractivity contribution in [2.24, 2.45) is 5.92 Å². The first-order valence-electron chi connectivity index (χ1n) is 8.26. The number of hydrogen-bond donors (Lipinski definition) is 0. The second-order valence-corrected chi connectivity index (χ2v) is 6.37. The largest absolute Gasteiger partial charge is 0.465 e. The normalized spacial score (nSPS) is 14.0. The Morgan fingerprint density at radius 1 is 1.43 bits per heavy atom. The van der Waals surface area contributed by atoms with E-state index in [-0.39, 0.29) is 18.3 Å². The van der Waals surface area contributed by atoms with Crippen LogP contribution in [0.4, 0.5) is 0 Å². The predicted octanol–water partition coefficient (Wildman–Crippen LogP) is 2.65. The average molecular weight is 318 g/mol. The Kier molecular flexibility index (Phi) is 6.02. The van der Waals surface area contributed by atoms with Crippen LogP contribution in [0.1, 0.15) is 42.7 Å². The number of ether oxygens (including phenoxy) is 1. The van der Waals surface area contributed by atoms with Crippen LogP contribution in [0.2, 0.25) is 0 Å². The van der Waals surface area contributed by atoms with Gasteiger partial charge >= 0.3 is 5.97 Å². The molecule has 0 saturated carbocycles. The van der Waals surface area contributed by atoms with E-state index in [1.54, 1.807) is 4.90 Å². The van der Waals surface area contributed by atoms with Crippen molar-refractivity contribution in [3.8, 4) is 0 Å². The first-order chi connectivity index (χ1) is 11.0. The summed E-state index contributed by atoms with van der Waals surface area (Å²) < 4.78 is 7.16. The Morgan fingerprint density at radius 2 is 2.22 bits per heavy atom. The van der Waals surface area contributed by atoms with E-state index in [9.17, 15) is 9.59 Å². The van der Waals surface area contributed by atoms with Crippen molar-refractivity contribution >= 4 is 11.9 Å². The molecule has 0 radical (unpaired) electrons. The van der Waals surface area contributed by atoms with Gasteiger partial charge in [-0.25, -0.2) is 0 Å². The molecule has 0 fully saturated rings. The van der Waals surface area contributed by atoms with Crippen molar-refractivity contribution in [3.63, 3.8) is 0 Å². The highest BCUT2D eigenvalue weighted by Crippen LogP contribution is 2.18. The van der Waals surface area contributed by atoms with E-state index in [1.807, 2.05) is 36.8 Å². The number of esters is 1. The number of aromatic nitrogens is 1. The fourth-order valence-electron chi connectivity index (χ4n) is 2.60. The summed E-state index contributed by atoms with van der Waals surface area (Å²) in [7, 11) is 0. The average Bonchev–Trinajstić information content (AvgIpc) is 2.94. The van der Waals surface area contributed by atoms with E-state index in [0.717, 1.165) is 24.9 Å². The van der Waals surface area contributed by atoms with E-state index < -0.39 is 0 Å². The quantitative estimate of drug-likeness (QED) is 0.547. The lowest BCUT2D eigenvalue weighted by atomic mass is 10.2. The molecule has 5 nitrogen and oxygen atoms in total. The number of carbonyl (C=O) groups is 2. The van der Waals surface area contributed by atoms with Gasteiger partial charge in [0.25, 0.3) is 5.91 Å². The topological polar surface area (TPSA) is 51.5 Å². The van der Waals surface area contributed by atoms with E-state index in [4.69, 9.17) is 4.74 Å². The predicted molar refractivity (Wildman–Crippen MR) is 89.3 cm³/mol. The molecule has 23 heavy (non-hydrogen) atoms. The standard InChI is InChI=1S/C18H26N2O3/c1-4-5-6-15-11-16-18(22)19(9-10-20(16)12-15)8-7-17(21)23-13-14(2)3/h4,11-12,14H,1,5-10,13H2,2-3H3. The third-order valence-corrected chi connectivity index (χ3v) is 3.87. The van der Waals surface area contributed by atoms with Crippen LogP contribution in [0.3, 0.4) is 0 Å². The molecule has 126 valence electrons. The van der Waals surface area contributed by atoms with Gasteiger partial charge in [0.2, 0.25) is 0 Å². The minimum atomic E-state index is -0.237. The molecule has 1 aliphatic heterocycles. The molecule has 1 amide bonds. The Bertz CT molecular complexity index is 575. The van der Waals surface area contributed by atoms with Crippen LogP contribution in [-0.4, -0.2) is 41.0 Å². The summed E-state index contributed by atoms with van der Waals surface area (Å²) >= 11 is 0. The number of amides is 1. The summed E-state index contributed by atoms with van der Waals surface area (Å²) in [5.41, 5.74) is 1.87. The lowest BCUT2D eigenvalue weighted by Crippen LogP contribution is -2.41. The summed E-state index contributed by atoms with van der Waals surface area (Å²) in [6, 6.07) is 1.95. The lowest BCUT2D eigenvalue weighted by molar-refractivity contribution is -0.144. The molecule has 2 heterocycles. The SMILES string of the molecule is C=CCCc1cc2n(c1)CCN(CCC(=O)OCC(C)C)C2=O. The summed E-state index contributed by atoms with van der Waals surface area (Å²) in [4.78, 5) is 25.9. The third kappa shape index (κ3) is 4.71. The second kappa shape index (κ2) is 7.99. The number of carbonyl (C=O) groups excluding carboxylic acids is 2. The highest BCUT2D eigenvalue weighted by molar-refractivity contribution is 5.94. The molecule has 0 aromatic carbocycles. The molecular formula is C18H26N2O3. The van der Waals surface area contributed by atoms with E-state index in [0.29, 0.717) is 31.3 Å². The highest BCUT2D eigenvalue weighted by atomic mass is 16.5. The number of nitrogens with zero attached hydrogens (tertiary/aromatic N) is 2. The number of allylic oxidation sites excluding steroid dienone is 1. The fraction of sp³-hybridized carbons (Fsp3) is 0.556. The second-order valence-electron chi connectivity index (χ2n) is 6.37. The zero-order chi connectivity index (χ0) is 16.8. The summed E-state index contributed by atoms with van der Waals surface area (Å²) in [5, 5.41) is 0. The van der Waals surface area contributed by atoms with Crippen LogP contribution in [0.15, 0.2) is 24.9 Å². The first-order valence-corrected chi connectivity index (χ1v) is 8.26. The van der Waals surface area contributed by atoms with Gasteiger partial charge in [0.05, 0.1) is 13.0 Å². The molecular weight excluding hydrogens is 292 g/mol. The van der Waals surface area contributed by atoms with Gasteiger partial charge in [-0.05, 0) is 30.4 Å². The first kappa shape index (κ1) is 17.3. The van der Waals surface area contributed by atoms with Crippen LogP contribution in [0, 0.1) is 5.92 Å². The summed E-state index contributed by atoms with van der Waals surface area (Å²) in [6.07, 6.45) is 5.99. The number of aryl methyl sites for hydroxylation is 1. The van der Waals surface area contributed by atoms with Gasteiger partial charge in [0.15, 0.2) is 0 Å². The van der Waals surface area contributed by atoms with E-state index in [2.05, 4.69) is 6.58 Å². The molecule has 1 aromatic heterocycles. The number of hydrogen-bond acceptors (Lipinski definition) is 3. The molecule has 0 unspecified atom stereocenters. The molecule has 1 aliphatic rings. The maximum atomic E-state index is 12.5. The Labute approximate surface area is 137 Å². The highest BCUT2D eigenvalue weighted by Gasteiger charge is 2.25. The monoisotopic (exact) mass is 318 g/mol. The third-order valence-electron chi connectivity index (χ3n) is 3.87. The van der Waals surface area contributed by atoms with Gasteiger partial charge in [-0.1, -0.05) is 19.9 Å². The fourth-order valence-corrected chi connectivity index (χ4v) is 2.60. The molecule has 0 bridgehead atoms.